The monoisotopic (exact) mass is 375 g/mol. The number of H-pyrrole nitrogens is 1. The number of para-hydroxylation sites is 1. The van der Waals surface area contributed by atoms with Crippen LogP contribution in [0.2, 0.25) is 0 Å². The van der Waals surface area contributed by atoms with Crippen molar-refractivity contribution < 1.29 is 9.47 Å². The van der Waals surface area contributed by atoms with Crippen molar-refractivity contribution in [1.82, 2.24) is 9.55 Å². The molecule has 0 aliphatic carbocycles. The van der Waals surface area contributed by atoms with Crippen LogP contribution in [0.4, 0.5) is 11.4 Å². The van der Waals surface area contributed by atoms with Crippen molar-refractivity contribution >= 4 is 22.4 Å². The molecule has 142 valence electrons. The summed E-state index contributed by atoms with van der Waals surface area (Å²) in [5.41, 5.74) is 4.28. The molecule has 0 radical (unpaired) electrons. The molecule has 6 nitrogen and oxygen atoms in total. The zero-order valence-corrected chi connectivity index (χ0v) is 15.7. The molecule has 28 heavy (non-hydrogen) atoms. The van der Waals surface area contributed by atoms with Gasteiger partial charge >= 0.3 is 5.69 Å². The fraction of sp³-hybridized carbons (Fsp3) is 0.136. The van der Waals surface area contributed by atoms with E-state index in [0.29, 0.717) is 18.0 Å². The summed E-state index contributed by atoms with van der Waals surface area (Å²) in [4.78, 5) is 15.5. The Labute approximate surface area is 162 Å². The highest BCUT2D eigenvalue weighted by Gasteiger charge is 2.10. The summed E-state index contributed by atoms with van der Waals surface area (Å²) in [7, 11) is 3.22. The molecule has 0 aliphatic heterocycles. The minimum Gasteiger partial charge on any atom is -0.497 e. The molecule has 0 amide bonds. The van der Waals surface area contributed by atoms with Crippen LogP contribution in [0.25, 0.3) is 11.0 Å². The van der Waals surface area contributed by atoms with Gasteiger partial charge in [-0.1, -0.05) is 18.2 Å². The molecule has 0 atom stereocenters. The van der Waals surface area contributed by atoms with Gasteiger partial charge in [0, 0.05) is 17.4 Å². The second kappa shape index (κ2) is 7.52. The average molecular weight is 375 g/mol. The van der Waals surface area contributed by atoms with Crippen LogP contribution < -0.4 is 20.5 Å². The standard InChI is InChI=1S/C22H21N3O3/c1-27-18-10-15(11-19(13-18)28-2)14-25-21-9-8-17(12-20(21)24-22(25)26)23-16-6-4-3-5-7-16/h3-13,23H,14H2,1-2H3,(H,24,26). The number of anilines is 2. The highest BCUT2D eigenvalue weighted by atomic mass is 16.5. The molecule has 2 N–H and O–H groups in total. The van der Waals surface area contributed by atoms with E-state index in [4.69, 9.17) is 9.47 Å². The van der Waals surface area contributed by atoms with Crippen LogP contribution >= 0.6 is 0 Å². The van der Waals surface area contributed by atoms with E-state index in [0.717, 1.165) is 28.0 Å². The number of rotatable bonds is 6. The van der Waals surface area contributed by atoms with Crippen molar-refractivity contribution in [2.45, 2.75) is 6.54 Å². The summed E-state index contributed by atoms with van der Waals surface area (Å²) >= 11 is 0. The average Bonchev–Trinajstić information content (AvgIpc) is 3.02. The molecule has 0 spiro atoms. The Bertz CT molecular complexity index is 1140. The Morgan fingerprint density at radius 1 is 0.893 bits per heavy atom. The predicted octanol–water partition coefficient (Wildman–Crippen LogP) is 4.14. The predicted molar refractivity (Wildman–Crippen MR) is 111 cm³/mol. The molecular formula is C22H21N3O3. The Morgan fingerprint density at radius 2 is 1.61 bits per heavy atom. The van der Waals surface area contributed by atoms with Crippen molar-refractivity contribution in [2.24, 2.45) is 0 Å². The van der Waals surface area contributed by atoms with Gasteiger partial charge < -0.3 is 19.8 Å². The third kappa shape index (κ3) is 3.57. The van der Waals surface area contributed by atoms with Crippen LogP contribution in [0.3, 0.4) is 0 Å². The number of aromatic nitrogens is 2. The number of imidazole rings is 1. The van der Waals surface area contributed by atoms with E-state index in [1.807, 2.05) is 66.7 Å². The van der Waals surface area contributed by atoms with E-state index in [2.05, 4.69) is 10.3 Å². The van der Waals surface area contributed by atoms with E-state index >= 15 is 0 Å². The molecule has 0 aliphatic rings. The minimum atomic E-state index is -0.159. The van der Waals surface area contributed by atoms with E-state index in [9.17, 15) is 4.79 Å². The van der Waals surface area contributed by atoms with Crippen LogP contribution in [0, 0.1) is 0 Å². The molecule has 0 bridgehead atoms. The summed E-state index contributed by atoms with van der Waals surface area (Å²) in [6, 6.07) is 21.4. The van der Waals surface area contributed by atoms with Gasteiger partial charge in [-0.2, -0.15) is 0 Å². The number of nitrogens with zero attached hydrogens (tertiary/aromatic N) is 1. The maximum Gasteiger partial charge on any atom is 0.326 e. The second-order valence-electron chi connectivity index (χ2n) is 6.46. The van der Waals surface area contributed by atoms with Gasteiger partial charge in [0.2, 0.25) is 0 Å². The van der Waals surface area contributed by atoms with Crippen LogP contribution in [0.15, 0.2) is 71.5 Å². The lowest BCUT2D eigenvalue weighted by atomic mass is 10.2. The third-order valence-electron chi connectivity index (χ3n) is 4.59. The van der Waals surface area contributed by atoms with Gasteiger partial charge in [0.25, 0.3) is 0 Å². The second-order valence-corrected chi connectivity index (χ2v) is 6.46. The number of ether oxygens (including phenoxy) is 2. The van der Waals surface area contributed by atoms with Gasteiger partial charge in [-0.05, 0) is 48.0 Å². The molecule has 3 aromatic carbocycles. The quantitative estimate of drug-likeness (QED) is 0.531. The number of fused-ring (bicyclic) bond motifs is 1. The Kier molecular flexibility index (Phi) is 4.76. The summed E-state index contributed by atoms with van der Waals surface area (Å²) in [6.45, 7) is 0.415. The van der Waals surface area contributed by atoms with Gasteiger partial charge in [0.1, 0.15) is 11.5 Å². The first-order valence-electron chi connectivity index (χ1n) is 8.93. The summed E-state index contributed by atoms with van der Waals surface area (Å²) < 4.78 is 12.4. The minimum absolute atomic E-state index is 0.159. The highest BCUT2D eigenvalue weighted by molar-refractivity contribution is 5.81. The van der Waals surface area contributed by atoms with E-state index in [1.54, 1.807) is 18.8 Å². The lowest BCUT2D eigenvalue weighted by molar-refractivity contribution is 0.393. The van der Waals surface area contributed by atoms with Crippen molar-refractivity contribution in [3.63, 3.8) is 0 Å². The van der Waals surface area contributed by atoms with Crippen LogP contribution in [-0.4, -0.2) is 23.8 Å². The zero-order chi connectivity index (χ0) is 19.5. The van der Waals surface area contributed by atoms with Gasteiger partial charge in [-0.3, -0.25) is 4.57 Å². The van der Waals surface area contributed by atoms with E-state index in [-0.39, 0.29) is 5.69 Å². The highest BCUT2D eigenvalue weighted by Crippen LogP contribution is 2.25. The number of nitrogens with one attached hydrogen (secondary N) is 2. The first-order valence-corrected chi connectivity index (χ1v) is 8.93. The topological polar surface area (TPSA) is 68.3 Å². The van der Waals surface area contributed by atoms with Crippen molar-refractivity contribution in [3.05, 3.63) is 82.8 Å². The normalized spacial score (nSPS) is 10.8. The largest absolute Gasteiger partial charge is 0.497 e. The maximum absolute atomic E-state index is 12.5. The molecule has 0 unspecified atom stereocenters. The molecule has 4 aromatic rings. The molecule has 4 rings (SSSR count). The molecule has 0 saturated heterocycles. The number of hydrogen-bond donors (Lipinski definition) is 2. The first kappa shape index (κ1) is 17.7. The summed E-state index contributed by atoms with van der Waals surface area (Å²) in [6.07, 6.45) is 0. The molecule has 0 fully saturated rings. The lowest BCUT2D eigenvalue weighted by Gasteiger charge is -2.10. The summed E-state index contributed by atoms with van der Waals surface area (Å²) in [5, 5.41) is 3.34. The molecular weight excluding hydrogens is 354 g/mol. The number of methoxy groups -OCH3 is 2. The maximum atomic E-state index is 12.5. The fourth-order valence-electron chi connectivity index (χ4n) is 3.23. The van der Waals surface area contributed by atoms with Crippen LogP contribution in [-0.2, 0) is 6.54 Å². The molecule has 1 aromatic heterocycles. The van der Waals surface area contributed by atoms with Crippen LogP contribution in [0.5, 0.6) is 11.5 Å². The molecule has 1 heterocycles. The Balaban J connectivity index is 1.67. The van der Waals surface area contributed by atoms with Crippen molar-refractivity contribution in [3.8, 4) is 11.5 Å². The van der Waals surface area contributed by atoms with Gasteiger partial charge in [0.15, 0.2) is 0 Å². The van der Waals surface area contributed by atoms with Gasteiger partial charge in [-0.25, -0.2) is 4.79 Å². The Hall–Kier alpha value is -3.67. The zero-order valence-electron chi connectivity index (χ0n) is 15.7. The molecule has 0 saturated carbocycles. The Morgan fingerprint density at radius 3 is 2.29 bits per heavy atom. The molecule has 6 heteroatoms. The lowest BCUT2D eigenvalue weighted by Crippen LogP contribution is -2.17. The van der Waals surface area contributed by atoms with E-state index < -0.39 is 0 Å². The van der Waals surface area contributed by atoms with E-state index in [1.165, 1.54) is 0 Å². The van der Waals surface area contributed by atoms with Gasteiger partial charge in [-0.15, -0.1) is 0 Å². The SMILES string of the molecule is COc1cc(Cn2c(=O)[nH]c3cc(Nc4ccccc4)ccc32)cc(OC)c1. The third-order valence-corrected chi connectivity index (χ3v) is 4.59. The first-order chi connectivity index (χ1) is 13.7. The number of hydrogen-bond acceptors (Lipinski definition) is 4. The van der Waals surface area contributed by atoms with Crippen LogP contribution in [0.1, 0.15) is 5.56 Å². The number of aromatic amines is 1. The smallest absolute Gasteiger partial charge is 0.326 e. The number of benzene rings is 3. The fourth-order valence-corrected chi connectivity index (χ4v) is 3.23. The van der Waals surface area contributed by atoms with Crippen molar-refractivity contribution in [2.75, 3.05) is 19.5 Å². The van der Waals surface area contributed by atoms with Crippen molar-refractivity contribution in [1.29, 1.82) is 0 Å². The summed E-state index contributed by atoms with van der Waals surface area (Å²) in [5.74, 6) is 1.38. The van der Waals surface area contributed by atoms with Gasteiger partial charge in [0.05, 0.1) is 31.8 Å².